The number of aryl methyl sites for hydroxylation is 2. The molecule has 67 heavy (non-hydrogen) atoms. The first-order chi connectivity index (χ1) is 31.9. The molecule has 2 N–H and O–H groups in total. The third-order valence-corrected chi connectivity index (χ3v) is 16.4. The van der Waals surface area contributed by atoms with Crippen LogP contribution in [-0.4, -0.2) is 60.8 Å². The molecule has 8 atom stereocenters. The van der Waals surface area contributed by atoms with Crippen LogP contribution >= 0.6 is 0 Å². The van der Waals surface area contributed by atoms with E-state index in [1.807, 2.05) is 62.4 Å². The fourth-order valence-corrected chi connectivity index (χ4v) is 11.9. The zero-order chi connectivity index (χ0) is 47.7. The van der Waals surface area contributed by atoms with Gasteiger partial charge in [-0.2, -0.15) is 0 Å². The van der Waals surface area contributed by atoms with E-state index in [0.717, 1.165) is 75.3 Å². The molecule has 8 heteroatoms. The molecule has 8 nitrogen and oxygen atoms in total. The number of aliphatic hydroxyl groups excluding tert-OH is 2. The van der Waals surface area contributed by atoms with Gasteiger partial charge in [-0.05, 0) is 182 Å². The van der Waals surface area contributed by atoms with Crippen molar-refractivity contribution in [3.63, 3.8) is 0 Å². The van der Waals surface area contributed by atoms with Crippen molar-refractivity contribution in [3.05, 3.63) is 129 Å². The van der Waals surface area contributed by atoms with E-state index in [9.17, 15) is 19.8 Å². The lowest BCUT2D eigenvalue weighted by atomic mass is 9.60. The summed E-state index contributed by atoms with van der Waals surface area (Å²) in [6.07, 6.45) is 7.59. The predicted octanol–water partition coefficient (Wildman–Crippen LogP) is 11.9. The number of aliphatic hydroxyl groups is 2. The number of carbonyl (C=O) groups excluding carboxylic acids is 2. The average molecular weight is 913 g/mol. The van der Waals surface area contributed by atoms with Crippen LogP contribution < -0.4 is 9.47 Å². The molecule has 0 aromatic heterocycles. The summed E-state index contributed by atoms with van der Waals surface area (Å²) in [6, 6.07) is 29.7. The molecule has 2 fully saturated rings. The SMILES string of the molecule is CC(C)c1ccc2c(c1)CCC1CC(C)(C(=O)OCC(O)COc3ccc(C(C)(C)c4ccc(OCC(O)COC(=O)C5(C)CCC6c7ccc(C(C)C)cc7CCC6C5)cc4)cc3)CCC21. The molecule has 0 spiro atoms. The summed E-state index contributed by atoms with van der Waals surface area (Å²) in [4.78, 5) is 26.9. The molecule has 0 saturated heterocycles. The first-order valence-corrected chi connectivity index (χ1v) is 25.3. The molecular formula is C59H76O8. The number of fused-ring (bicyclic) bond motifs is 6. The minimum Gasteiger partial charge on any atom is -0.491 e. The fraction of sp³-hybridized carbons (Fsp3) is 0.559. The summed E-state index contributed by atoms with van der Waals surface area (Å²) in [5.74, 6) is 3.78. The Hall–Kier alpha value is -4.66. The lowest BCUT2D eigenvalue weighted by Crippen LogP contribution is -2.40. The van der Waals surface area contributed by atoms with Crippen LogP contribution in [-0.2, 0) is 37.3 Å². The quantitative estimate of drug-likeness (QED) is 0.107. The number of carbonyl (C=O) groups is 2. The van der Waals surface area contributed by atoms with Crippen molar-refractivity contribution < 1.29 is 38.7 Å². The number of hydrogen-bond acceptors (Lipinski definition) is 8. The Morgan fingerprint density at radius 1 is 0.582 bits per heavy atom. The number of benzene rings is 4. The Bertz CT molecular complexity index is 2180. The molecule has 0 bridgehead atoms. The van der Waals surface area contributed by atoms with Crippen molar-refractivity contribution in [2.75, 3.05) is 26.4 Å². The second-order valence-corrected chi connectivity index (χ2v) is 22.4. The molecule has 2 saturated carbocycles. The van der Waals surface area contributed by atoms with E-state index in [1.54, 1.807) is 0 Å². The average Bonchev–Trinajstić information content (AvgIpc) is 3.32. The Morgan fingerprint density at radius 3 is 1.34 bits per heavy atom. The van der Waals surface area contributed by atoms with Crippen LogP contribution in [0.1, 0.15) is 175 Å². The van der Waals surface area contributed by atoms with Crippen molar-refractivity contribution in [2.45, 2.75) is 161 Å². The van der Waals surface area contributed by atoms with Gasteiger partial charge in [-0.3, -0.25) is 9.59 Å². The Morgan fingerprint density at radius 2 is 0.970 bits per heavy atom. The Balaban J connectivity index is 0.743. The van der Waals surface area contributed by atoms with Crippen LogP contribution in [0.5, 0.6) is 11.5 Å². The molecule has 0 amide bonds. The maximum absolute atomic E-state index is 13.4. The summed E-state index contributed by atoms with van der Waals surface area (Å²) < 4.78 is 23.3. The van der Waals surface area contributed by atoms with Gasteiger partial charge in [0.05, 0.1) is 10.8 Å². The molecule has 360 valence electrons. The van der Waals surface area contributed by atoms with Crippen molar-refractivity contribution in [1.82, 2.24) is 0 Å². The summed E-state index contributed by atoms with van der Waals surface area (Å²) in [6.45, 7) is 17.2. The molecular weight excluding hydrogens is 837 g/mol. The number of rotatable bonds is 16. The van der Waals surface area contributed by atoms with Crippen molar-refractivity contribution in [2.24, 2.45) is 22.7 Å². The maximum atomic E-state index is 13.4. The molecule has 0 radical (unpaired) electrons. The third kappa shape index (κ3) is 10.8. The normalized spacial score (nSPS) is 25.5. The van der Waals surface area contributed by atoms with Crippen molar-refractivity contribution in [1.29, 1.82) is 0 Å². The molecule has 4 aromatic carbocycles. The molecule has 8 rings (SSSR count). The van der Waals surface area contributed by atoms with Crippen LogP contribution in [0, 0.1) is 22.7 Å². The highest BCUT2D eigenvalue weighted by Gasteiger charge is 2.47. The highest BCUT2D eigenvalue weighted by Crippen LogP contribution is 2.53. The van der Waals surface area contributed by atoms with Gasteiger partial charge in [0.2, 0.25) is 0 Å². The van der Waals surface area contributed by atoms with Gasteiger partial charge in [-0.15, -0.1) is 0 Å². The first kappa shape index (κ1) is 48.8. The van der Waals surface area contributed by atoms with Gasteiger partial charge in [0.15, 0.2) is 0 Å². The van der Waals surface area contributed by atoms with Gasteiger partial charge in [-0.25, -0.2) is 0 Å². The highest BCUT2D eigenvalue weighted by molar-refractivity contribution is 5.77. The van der Waals surface area contributed by atoms with Crippen LogP contribution in [0.25, 0.3) is 0 Å². The van der Waals surface area contributed by atoms with Gasteiger partial charge in [-0.1, -0.05) is 102 Å². The Labute approximate surface area is 400 Å². The predicted molar refractivity (Wildman–Crippen MR) is 264 cm³/mol. The molecule has 4 aliphatic rings. The molecule has 4 aliphatic carbocycles. The zero-order valence-electron chi connectivity index (χ0n) is 41.4. The van der Waals surface area contributed by atoms with E-state index in [-0.39, 0.29) is 43.8 Å². The summed E-state index contributed by atoms with van der Waals surface area (Å²) in [7, 11) is 0. The van der Waals surface area contributed by atoms with Gasteiger partial charge in [0, 0.05) is 5.41 Å². The van der Waals surface area contributed by atoms with E-state index < -0.39 is 23.0 Å². The van der Waals surface area contributed by atoms with E-state index in [1.165, 1.54) is 33.4 Å². The van der Waals surface area contributed by atoms with E-state index in [2.05, 4.69) is 77.9 Å². The lowest BCUT2D eigenvalue weighted by molar-refractivity contribution is -0.162. The van der Waals surface area contributed by atoms with E-state index in [0.29, 0.717) is 47.0 Å². The molecule has 4 aromatic rings. The number of esters is 2. The topological polar surface area (TPSA) is 112 Å². The van der Waals surface area contributed by atoms with Crippen molar-refractivity contribution in [3.8, 4) is 11.5 Å². The number of hydrogen-bond donors (Lipinski definition) is 2. The van der Waals surface area contributed by atoms with Crippen molar-refractivity contribution >= 4 is 11.9 Å². The summed E-state index contributed by atoms with van der Waals surface area (Å²) in [5, 5.41) is 21.5. The Kier molecular flexibility index (Phi) is 14.7. The van der Waals surface area contributed by atoms with Crippen LogP contribution in [0.4, 0.5) is 0 Å². The van der Waals surface area contributed by atoms with Gasteiger partial charge in [0.1, 0.15) is 50.1 Å². The summed E-state index contributed by atoms with van der Waals surface area (Å²) in [5.41, 5.74) is 9.45. The standard InChI is InChI=1S/C59H76O8/c1-37(2)39-13-23-51-41(29-39)9-11-43-31-58(7,27-25-53(43)51)55(62)66-35-47(60)33-64-49-19-15-45(16-20-49)57(5,6)46-17-21-50(22-18-46)65-34-48(61)36-67-56(63)59(8)28-26-54-44(32-59)12-10-42-30-40(38(3)4)14-24-52(42)54/h13-24,29-30,37-38,43-44,47-48,53-54,60-61H,9-12,25-28,31-36H2,1-8H3. The van der Waals surface area contributed by atoms with E-state index in [4.69, 9.17) is 18.9 Å². The first-order valence-electron chi connectivity index (χ1n) is 25.3. The smallest absolute Gasteiger partial charge is 0.311 e. The second kappa shape index (κ2) is 20.1. The highest BCUT2D eigenvalue weighted by atomic mass is 16.6. The lowest BCUT2D eigenvalue weighted by Gasteiger charge is -2.44. The van der Waals surface area contributed by atoms with Gasteiger partial charge < -0.3 is 29.2 Å². The van der Waals surface area contributed by atoms with Gasteiger partial charge >= 0.3 is 11.9 Å². The van der Waals surface area contributed by atoms with Crippen LogP contribution in [0.2, 0.25) is 0 Å². The third-order valence-electron chi connectivity index (χ3n) is 16.4. The van der Waals surface area contributed by atoms with Crippen LogP contribution in [0.15, 0.2) is 84.9 Å². The molecule has 8 unspecified atom stereocenters. The van der Waals surface area contributed by atoms with Gasteiger partial charge in [0.25, 0.3) is 0 Å². The zero-order valence-corrected chi connectivity index (χ0v) is 41.4. The summed E-state index contributed by atoms with van der Waals surface area (Å²) >= 11 is 0. The fourth-order valence-electron chi connectivity index (χ4n) is 11.9. The van der Waals surface area contributed by atoms with Crippen LogP contribution in [0.3, 0.4) is 0 Å². The maximum Gasteiger partial charge on any atom is 0.311 e. The monoisotopic (exact) mass is 913 g/mol. The second-order valence-electron chi connectivity index (χ2n) is 22.4. The van der Waals surface area contributed by atoms with E-state index >= 15 is 0 Å². The molecule has 0 aliphatic heterocycles. The minimum absolute atomic E-state index is 0.0145. The largest absolute Gasteiger partial charge is 0.491 e. The molecule has 0 heterocycles. The minimum atomic E-state index is -0.943. The number of ether oxygens (including phenoxy) is 4.